The van der Waals surface area contributed by atoms with Crippen molar-refractivity contribution in [1.82, 2.24) is 0 Å². The minimum Gasteiger partial charge on any atom is -0.546 e. The number of benzene rings is 1. The Hall–Kier alpha value is -1.02. The third-order valence-electron chi connectivity index (χ3n) is 3.12. The molecule has 0 spiro atoms. The summed E-state index contributed by atoms with van der Waals surface area (Å²) in [5.74, 6) is 1.04. The van der Waals surface area contributed by atoms with Crippen LogP contribution in [0.2, 0.25) is 11.1 Å². The van der Waals surface area contributed by atoms with Crippen LogP contribution in [0.1, 0.15) is 38.8 Å². The molecule has 0 aliphatic carbocycles. The first-order chi connectivity index (χ1) is 7.97. The summed E-state index contributed by atoms with van der Waals surface area (Å²) in [6, 6.07) is 6.20. The highest BCUT2D eigenvalue weighted by Crippen LogP contribution is 2.28. The lowest BCUT2D eigenvalue weighted by Gasteiger charge is -2.25. The molecule has 0 saturated heterocycles. The lowest BCUT2D eigenvalue weighted by molar-refractivity contribution is 0.532. The smallest absolute Gasteiger partial charge is 0.240 e. The van der Waals surface area contributed by atoms with Crippen molar-refractivity contribution in [3.8, 4) is 5.75 Å². The zero-order valence-electron chi connectivity index (χ0n) is 11.7. The van der Waals surface area contributed by atoms with Crippen molar-refractivity contribution in [3.05, 3.63) is 35.9 Å². The van der Waals surface area contributed by atoms with E-state index in [1.54, 1.807) is 0 Å². The normalized spacial score (nSPS) is 11.3. The van der Waals surface area contributed by atoms with Crippen LogP contribution >= 0.6 is 0 Å². The maximum atomic E-state index is 6.30. The Kier molecular flexibility index (Phi) is 5.00. The van der Waals surface area contributed by atoms with Gasteiger partial charge in [0.05, 0.1) is 0 Å². The van der Waals surface area contributed by atoms with Crippen molar-refractivity contribution in [3.63, 3.8) is 0 Å². The average molecular weight is 248 g/mol. The molecule has 17 heavy (non-hydrogen) atoms. The van der Waals surface area contributed by atoms with Crippen molar-refractivity contribution in [2.75, 3.05) is 0 Å². The first-order valence-electron chi connectivity index (χ1n) is 6.36. The quantitative estimate of drug-likeness (QED) is 0.694. The maximum absolute atomic E-state index is 6.30. The van der Waals surface area contributed by atoms with Crippen LogP contribution in [0.4, 0.5) is 0 Å². The van der Waals surface area contributed by atoms with Gasteiger partial charge in [-0.1, -0.05) is 52.5 Å². The van der Waals surface area contributed by atoms with Crippen molar-refractivity contribution < 1.29 is 4.43 Å². The molecule has 94 valence electrons. The van der Waals surface area contributed by atoms with Gasteiger partial charge in [-0.2, -0.15) is 0 Å². The highest BCUT2D eigenvalue weighted by atomic mass is 28.3. The van der Waals surface area contributed by atoms with Gasteiger partial charge < -0.3 is 4.43 Å². The first-order valence-corrected chi connectivity index (χ1v) is 8.16. The summed E-state index contributed by atoms with van der Waals surface area (Å²) in [5, 5.41) is 0. The van der Waals surface area contributed by atoms with E-state index in [2.05, 4.69) is 53.3 Å². The minimum atomic E-state index is -1.20. The van der Waals surface area contributed by atoms with Crippen LogP contribution in [0.3, 0.4) is 0 Å². The fourth-order valence-electron chi connectivity index (χ4n) is 2.17. The first kappa shape index (κ1) is 14.0. The Labute approximate surface area is 107 Å². The largest absolute Gasteiger partial charge is 0.546 e. The van der Waals surface area contributed by atoms with E-state index < -0.39 is 9.04 Å². The fraction of sp³-hybridized carbons (Fsp3) is 0.467. The maximum Gasteiger partial charge on any atom is 0.240 e. The van der Waals surface area contributed by atoms with E-state index in [9.17, 15) is 0 Å². The molecule has 0 aliphatic heterocycles. The van der Waals surface area contributed by atoms with E-state index >= 15 is 0 Å². The van der Waals surface area contributed by atoms with Gasteiger partial charge in [-0.3, -0.25) is 0 Å². The van der Waals surface area contributed by atoms with Gasteiger partial charge in [-0.05, 0) is 35.2 Å². The third-order valence-corrected chi connectivity index (χ3v) is 6.28. The zero-order valence-corrected chi connectivity index (χ0v) is 12.8. The van der Waals surface area contributed by atoms with Crippen molar-refractivity contribution in [2.24, 2.45) is 0 Å². The molecule has 0 heterocycles. The standard InChI is InChI=1S/C15H24OSi/c1-7-14-9-8-10-15(13(14)6)16-17(11(2)3)12(4)5/h7-12,17H,1H2,2-6H3. The predicted octanol–water partition coefficient (Wildman–Crippen LogP) is 4.56. The van der Waals surface area contributed by atoms with Crippen LogP contribution in [0.5, 0.6) is 5.75 Å². The van der Waals surface area contributed by atoms with Gasteiger partial charge in [0.1, 0.15) is 5.75 Å². The van der Waals surface area contributed by atoms with Gasteiger partial charge in [0.25, 0.3) is 0 Å². The lowest BCUT2D eigenvalue weighted by Crippen LogP contribution is -2.29. The minimum absolute atomic E-state index is 0.654. The molecule has 0 bridgehead atoms. The molecule has 0 aromatic heterocycles. The van der Waals surface area contributed by atoms with Crippen LogP contribution in [0.15, 0.2) is 24.8 Å². The summed E-state index contributed by atoms with van der Waals surface area (Å²) in [6.07, 6.45) is 1.89. The molecular weight excluding hydrogens is 224 g/mol. The summed E-state index contributed by atoms with van der Waals surface area (Å²) in [4.78, 5) is 0. The third kappa shape index (κ3) is 3.47. The lowest BCUT2D eigenvalue weighted by atomic mass is 10.1. The average Bonchev–Trinajstić information content (AvgIpc) is 2.26. The molecule has 1 aromatic carbocycles. The Bertz CT molecular complexity index is 375. The number of hydrogen-bond acceptors (Lipinski definition) is 1. The van der Waals surface area contributed by atoms with Crippen LogP contribution in [0, 0.1) is 6.92 Å². The fourth-order valence-corrected chi connectivity index (χ4v) is 4.80. The van der Waals surface area contributed by atoms with Gasteiger partial charge in [-0.15, -0.1) is 0 Å². The monoisotopic (exact) mass is 248 g/mol. The molecule has 1 rings (SSSR count). The molecule has 1 nitrogen and oxygen atoms in total. The SMILES string of the molecule is C=Cc1cccc(O[SiH](C(C)C)C(C)C)c1C. The topological polar surface area (TPSA) is 9.23 Å². The van der Waals surface area contributed by atoms with Crippen LogP contribution in [-0.2, 0) is 0 Å². The van der Waals surface area contributed by atoms with Gasteiger partial charge in [-0.25, -0.2) is 0 Å². The highest BCUT2D eigenvalue weighted by molar-refractivity contribution is 6.55. The van der Waals surface area contributed by atoms with Crippen LogP contribution in [-0.4, -0.2) is 9.04 Å². The number of hydrogen-bond donors (Lipinski definition) is 0. The van der Waals surface area contributed by atoms with Crippen molar-refractivity contribution in [1.29, 1.82) is 0 Å². The van der Waals surface area contributed by atoms with E-state index in [1.807, 2.05) is 12.1 Å². The number of rotatable bonds is 5. The van der Waals surface area contributed by atoms with Crippen molar-refractivity contribution >= 4 is 15.1 Å². The Morgan fingerprint density at radius 3 is 2.24 bits per heavy atom. The second-order valence-electron chi connectivity index (χ2n) is 5.25. The molecule has 0 N–H and O–H groups in total. The molecule has 2 heteroatoms. The van der Waals surface area contributed by atoms with Crippen molar-refractivity contribution in [2.45, 2.75) is 45.7 Å². The Balaban J connectivity index is 2.97. The second-order valence-corrected chi connectivity index (χ2v) is 9.08. The molecule has 0 amide bonds. The Morgan fingerprint density at radius 2 is 1.76 bits per heavy atom. The summed E-state index contributed by atoms with van der Waals surface area (Å²) < 4.78 is 6.30. The molecule has 0 unspecified atom stereocenters. The second kappa shape index (κ2) is 6.06. The van der Waals surface area contributed by atoms with E-state index in [1.165, 1.54) is 11.1 Å². The van der Waals surface area contributed by atoms with Crippen LogP contribution < -0.4 is 4.43 Å². The molecule has 0 aliphatic rings. The van der Waals surface area contributed by atoms with E-state index in [0.29, 0.717) is 11.1 Å². The van der Waals surface area contributed by atoms with Gasteiger partial charge in [0.15, 0.2) is 0 Å². The summed E-state index contributed by atoms with van der Waals surface area (Å²) in [6.45, 7) is 15.0. The van der Waals surface area contributed by atoms with Gasteiger partial charge in [0, 0.05) is 0 Å². The molecule has 0 fully saturated rings. The summed E-state index contributed by atoms with van der Waals surface area (Å²) in [7, 11) is -1.20. The summed E-state index contributed by atoms with van der Waals surface area (Å²) in [5.41, 5.74) is 3.69. The molecule has 1 aromatic rings. The predicted molar refractivity (Wildman–Crippen MR) is 79.2 cm³/mol. The molecule has 0 atom stereocenters. The van der Waals surface area contributed by atoms with Gasteiger partial charge in [0.2, 0.25) is 9.04 Å². The molecule has 0 radical (unpaired) electrons. The summed E-state index contributed by atoms with van der Waals surface area (Å²) >= 11 is 0. The van der Waals surface area contributed by atoms with E-state index in [-0.39, 0.29) is 0 Å². The highest BCUT2D eigenvalue weighted by Gasteiger charge is 2.23. The molecule has 0 saturated carbocycles. The zero-order chi connectivity index (χ0) is 13.0. The van der Waals surface area contributed by atoms with E-state index in [0.717, 1.165) is 5.75 Å². The van der Waals surface area contributed by atoms with Gasteiger partial charge >= 0.3 is 0 Å². The van der Waals surface area contributed by atoms with E-state index in [4.69, 9.17) is 4.43 Å². The molecular formula is C15H24OSi. The Morgan fingerprint density at radius 1 is 1.18 bits per heavy atom. The van der Waals surface area contributed by atoms with Crippen LogP contribution in [0.25, 0.3) is 6.08 Å².